The van der Waals surface area contributed by atoms with Crippen LogP contribution in [0.4, 0.5) is 0 Å². The van der Waals surface area contributed by atoms with Crippen LogP contribution in [0.25, 0.3) is 0 Å². The number of aromatic carboxylic acids is 1. The molecule has 0 aliphatic rings. The molecule has 1 atom stereocenters. The van der Waals surface area contributed by atoms with E-state index in [2.05, 4.69) is 4.72 Å². The minimum absolute atomic E-state index is 0.0352. The predicted octanol–water partition coefficient (Wildman–Crippen LogP) is 0.909. The number of sulfonamides is 1. The van der Waals surface area contributed by atoms with Crippen LogP contribution in [0.2, 0.25) is 0 Å². The van der Waals surface area contributed by atoms with Gasteiger partial charge in [-0.15, -0.1) is 0 Å². The second-order valence-corrected chi connectivity index (χ2v) is 6.22. The van der Waals surface area contributed by atoms with Crippen molar-refractivity contribution < 1.29 is 23.1 Å². The minimum Gasteiger partial charge on any atom is -0.477 e. The van der Waals surface area contributed by atoms with Crippen LogP contribution >= 0.6 is 0 Å². The first-order chi connectivity index (χ1) is 9.31. The molecule has 0 aliphatic heterocycles. The van der Waals surface area contributed by atoms with Gasteiger partial charge in [-0.1, -0.05) is 6.92 Å². The minimum atomic E-state index is -3.73. The lowest BCUT2D eigenvalue weighted by molar-refractivity contribution is 0.0685. The van der Waals surface area contributed by atoms with E-state index in [0.717, 1.165) is 6.07 Å². The summed E-state index contributed by atoms with van der Waals surface area (Å²) in [5, 5.41) is 9.07. The van der Waals surface area contributed by atoms with Crippen molar-refractivity contribution >= 4 is 16.0 Å². The normalized spacial score (nSPS) is 13.3. The number of carboxylic acid groups (broad SMARTS) is 1. The number of aryl methyl sites for hydroxylation is 1. The zero-order valence-electron chi connectivity index (χ0n) is 11.8. The van der Waals surface area contributed by atoms with Gasteiger partial charge in [-0.3, -0.25) is 0 Å². The van der Waals surface area contributed by atoms with Crippen molar-refractivity contribution in [1.29, 1.82) is 0 Å². The van der Waals surface area contributed by atoms with E-state index in [1.807, 2.05) is 6.92 Å². The topological polar surface area (TPSA) is 97.6 Å². The summed E-state index contributed by atoms with van der Waals surface area (Å²) in [6, 6.07) is 1.16. The molecule has 0 radical (unpaired) electrons. The van der Waals surface area contributed by atoms with Crippen molar-refractivity contribution in [1.82, 2.24) is 9.29 Å². The van der Waals surface area contributed by atoms with Gasteiger partial charge in [-0.05, 0) is 19.4 Å². The van der Waals surface area contributed by atoms with Crippen molar-refractivity contribution in [2.45, 2.75) is 37.8 Å². The number of carboxylic acids is 1. The van der Waals surface area contributed by atoms with E-state index >= 15 is 0 Å². The first-order valence-corrected chi connectivity index (χ1v) is 7.76. The van der Waals surface area contributed by atoms with E-state index in [0.29, 0.717) is 13.0 Å². The Bertz CT molecular complexity index is 564. The molecule has 0 amide bonds. The van der Waals surface area contributed by atoms with Gasteiger partial charge in [0.15, 0.2) is 0 Å². The monoisotopic (exact) mass is 304 g/mol. The van der Waals surface area contributed by atoms with E-state index in [1.54, 1.807) is 6.92 Å². The Morgan fingerprint density at radius 2 is 2.20 bits per heavy atom. The van der Waals surface area contributed by atoms with E-state index in [9.17, 15) is 13.2 Å². The van der Waals surface area contributed by atoms with Crippen LogP contribution in [-0.2, 0) is 21.3 Å². The quantitative estimate of drug-likeness (QED) is 0.744. The molecule has 0 spiro atoms. The van der Waals surface area contributed by atoms with Crippen molar-refractivity contribution in [2.24, 2.45) is 0 Å². The van der Waals surface area contributed by atoms with Gasteiger partial charge >= 0.3 is 5.97 Å². The average molecular weight is 304 g/mol. The van der Waals surface area contributed by atoms with Crippen LogP contribution in [0.5, 0.6) is 0 Å². The lowest BCUT2D eigenvalue weighted by Crippen LogP contribution is -2.31. The van der Waals surface area contributed by atoms with Gasteiger partial charge in [0, 0.05) is 26.4 Å². The lowest BCUT2D eigenvalue weighted by Gasteiger charge is -2.10. The summed E-state index contributed by atoms with van der Waals surface area (Å²) < 4.78 is 32.9. The summed E-state index contributed by atoms with van der Waals surface area (Å²) in [6.07, 6.45) is 1.79. The molecule has 1 heterocycles. The maximum Gasteiger partial charge on any atom is 0.352 e. The van der Waals surface area contributed by atoms with Crippen LogP contribution in [0.3, 0.4) is 0 Å². The molecule has 0 aromatic carbocycles. The van der Waals surface area contributed by atoms with Crippen molar-refractivity contribution in [3.05, 3.63) is 18.0 Å². The molecule has 1 rings (SSSR count). The van der Waals surface area contributed by atoms with Crippen LogP contribution in [-0.4, -0.2) is 43.8 Å². The number of aromatic nitrogens is 1. The summed E-state index contributed by atoms with van der Waals surface area (Å²) in [5.74, 6) is -1.15. The first-order valence-electron chi connectivity index (χ1n) is 6.27. The van der Waals surface area contributed by atoms with E-state index in [-0.39, 0.29) is 23.2 Å². The smallest absolute Gasteiger partial charge is 0.352 e. The molecule has 0 aliphatic carbocycles. The molecular weight excluding hydrogens is 284 g/mol. The molecule has 20 heavy (non-hydrogen) atoms. The number of hydrogen-bond donors (Lipinski definition) is 2. The summed E-state index contributed by atoms with van der Waals surface area (Å²) >= 11 is 0. The van der Waals surface area contributed by atoms with Gasteiger partial charge < -0.3 is 14.4 Å². The highest BCUT2D eigenvalue weighted by Gasteiger charge is 2.21. The molecule has 8 heteroatoms. The lowest BCUT2D eigenvalue weighted by atomic mass is 10.4. The Labute approximate surface area is 118 Å². The molecule has 0 fully saturated rings. The Morgan fingerprint density at radius 3 is 2.70 bits per heavy atom. The molecule has 1 aromatic rings. The second kappa shape index (κ2) is 6.87. The molecule has 0 bridgehead atoms. The maximum atomic E-state index is 12.1. The molecular formula is C12H20N2O5S. The largest absolute Gasteiger partial charge is 0.477 e. The zero-order chi connectivity index (χ0) is 15.3. The fourth-order valence-corrected chi connectivity index (χ4v) is 2.78. The van der Waals surface area contributed by atoms with Gasteiger partial charge in [0.1, 0.15) is 10.6 Å². The predicted molar refractivity (Wildman–Crippen MR) is 73.3 cm³/mol. The van der Waals surface area contributed by atoms with Crippen molar-refractivity contribution in [2.75, 3.05) is 13.7 Å². The SMILES string of the molecule is CCCn1cc(S(=O)(=O)NCC(C)OC)cc1C(=O)O. The van der Waals surface area contributed by atoms with E-state index < -0.39 is 16.0 Å². The number of carbonyl (C=O) groups is 1. The van der Waals surface area contributed by atoms with Crippen LogP contribution in [0.1, 0.15) is 30.8 Å². The number of nitrogens with zero attached hydrogens (tertiary/aromatic N) is 1. The zero-order valence-corrected chi connectivity index (χ0v) is 12.6. The molecule has 0 saturated heterocycles. The number of rotatable bonds is 8. The molecule has 1 unspecified atom stereocenters. The summed E-state index contributed by atoms with van der Waals surface area (Å²) in [5.41, 5.74) is -0.0352. The Balaban J connectivity index is 3.00. The third kappa shape index (κ3) is 4.06. The number of ether oxygens (including phenoxy) is 1. The van der Waals surface area contributed by atoms with Gasteiger partial charge in [0.05, 0.1) is 6.10 Å². The fraction of sp³-hybridized carbons (Fsp3) is 0.583. The van der Waals surface area contributed by atoms with Crippen LogP contribution < -0.4 is 4.72 Å². The molecule has 7 nitrogen and oxygen atoms in total. The van der Waals surface area contributed by atoms with E-state index in [1.165, 1.54) is 17.9 Å². The Kier molecular flexibility index (Phi) is 5.73. The summed E-state index contributed by atoms with van der Waals surface area (Å²) in [6.45, 7) is 4.19. The third-order valence-corrected chi connectivity index (χ3v) is 4.22. The highest BCUT2D eigenvalue weighted by atomic mass is 32.2. The fourth-order valence-electron chi connectivity index (χ4n) is 1.63. The second-order valence-electron chi connectivity index (χ2n) is 4.46. The molecule has 0 saturated carbocycles. The average Bonchev–Trinajstić information content (AvgIpc) is 2.81. The van der Waals surface area contributed by atoms with Crippen LogP contribution in [0.15, 0.2) is 17.2 Å². The number of hydrogen-bond acceptors (Lipinski definition) is 4. The molecule has 1 aromatic heterocycles. The van der Waals surface area contributed by atoms with Gasteiger partial charge in [-0.2, -0.15) is 0 Å². The Morgan fingerprint density at radius 1 is 1.55 bits per heavy atom. The maximum absolute atomic E-state index is 12.1. The molecule has 114 valence electrons. The van der Waals surface area contributed by atoms with Gasteiger partial charge in [-0.25, -0.2) is 17.9 Å². The highest BCUT2D eigenvalue weighted by Crippen LogP contribution is 2.15. The summed E-state index contributed by atoms with van der Waals surface area (Å²) in [7, 11) is -2.25. The van der Waals surface area contributed by atoms with Crippen molar-refractivity contribution in [3.63, 3.8) is 0 Å². The van der Waals surface area contributed by atoms with Gasteiger partial charge in [0.25, 0.3) is 0 Å². The number of methoxy groups -OCH3 is 1. The number of nitrogens with one attached hydrogen (secondary N) is 1. The third-order valence-electron chi connectivity index (χ3n) is 2.83. The van der Waals surface area contributed by atoms with Crippen molar-refractivity contribution in [3.8, 4) is 0 Å². The standard InChI is InChI=1S/C12H20N2O5S/c1-4-5-14-8-10(6-11(14)12(15)16)20(17,18)13-7-9(2)19-3/h6,8-9,13H,4-5,7H2,1-3H3,(H,15,16). The summed E-state index contributed by atoms with van der Waals surface area (Å²) in [4.78, 5) is 11.0. The highest BCUT2D eigenvalue weighted by molar-refractivity contribution is 7.89. The first kappa shape index (κ1) is 16.7. The molecule has 2 N–H and O–H groups in total. The Hall–Kier alpha value is -1.38. The van der Waals surface area contributed by atoms with E-state index in [4.69, 9.17) is 9.84 Å². The van der Waals surface area contributed by atoms with Crippen LogP contribution in [0, 0.1) is 0 Å². The van der Waals surface area contributed by atoms with Gasteiger partial charge in [0.2, 0.25) is 10.0 Å².